The van der Waals surface area contributed by atoms with Crippen LogP contribution in [0.2, 0.25) is 5.02 Å². The first kappa shape index (κ1) is 12.8. The van der Waals surface area contributed by atoms with Crippen molar-refractivity contribution in [2.45, 2.75) is 9.10 Å². The summed E-state index contributed by atoms with van der Waals surface area (Å²) in [5.74, 6) is 0. The number of thiophene rings is 1. The predicted molar refractivity (Wildman–Crippen MR) is 85.3 cm³/mol. The molecular weight excluding hydrogens is 292 g/mol. The van der Waals surface area contributed by atoms with Gasteiger partial charge in [-0.1, -0.05) is 59.8 Å². The minimum Gasteiger partial charge on any atom is -0.128 e. The van der Waals surface area contributed by atoms with Gasteiger partial charge in [0, 0.05) is 14.8 Å². The Morgan fingerprint density at radius 1 is 0.842 bits per heavy atom. The van der Waals surface area contributed by atoms with Crippen LogP contribution < -0.4 is 0 Å². The summed E-state index contributed by atoms with van der Waals surface area (Å²) in [6.45, 7) is 0. The Kier molecular flexibility index (Phi) is 3.92. The number of hydrogen-bond acceptors (Lipinski definition) is 2. The molecule has 94 valence electrons. The fourth-order valence-electron chi connectivity index (χ4n) is 1.78. The molecule has 0 aliphatic heterocycles. The normalized spacial score (nSPS) is 10.6. The van der Waals surface area contributed by atoms with Crippen molar-refractivity contribution in [3.05, 3.63) is 71.8 Å². The average Bonchev–Trinajstić information content (AvgIpc) is 2.88. The molecule has 0 atom stereocenters. The first-order valence-electron chi connectivity index (χ1n) is 5.90. The van der Waals surface area contributed by atoms with E-state index in [0.29, 0.717) is 0 Å². The van der Waals surface area contributed by atoms with Crippen LogP contribution in [0, 0.1) is 0 Å². The van der Waals surface area contributed by atoms with Crippen LogP contribution >= 0.6 is 34.7 Å². The fourth-order valence-corrected chi connectivity index (χ4v) is 4.20. The summed E-state index contributed by atoms with van der Waals surface area (Å²) in [7, 11) is 0. The molecule has 1 aromatic heterocycles. The first-order valence-corrected chi connectivity index (χ1v) is 7.91. The van der Waals surface area contributed by atoms with Crippen LogP contribution in [0.1, 0.15) is 0 Å². The monoisotopic (exact) mass is 302 g/mol. The van der Waals surface area contributed by atoms with Crippen molar-refractivity contribution in [2.75, 3.05) is 0 Å². The van der Waals surface area contributed by atoms with Gasteiger partial charge >= 0.3 is 0 Å². The van der Waals surface area contributed by atoms with E-state index in [1.165, 1.54) is 19.5 Å². The van der Waals surface area contributed by atoms with Crippen molar-refractivity contribution < 1.29 is 0 Å². The van der Waals surface area contributed by atoms with E-state index in [-0.39, 0.29) is 0 Å². The largest absolute Gasteiger partial charge is 0.128 e. The Balaban J connectivity index is 1.82. The second kappa shape index (κ2) is 5.83. The SMILES string of the molecule is Clc1cccc(Sc2ccc(-c3ccccc3)s2)c1. The highest BCUT2D eigenvalue weighted by atomic mass is 35.5. The number of hydrogen-bond donors (Lipinski definition) is 0. The quantitative estimate of drug-likeness (QED) is 0.553. The molecule has 0 amide bonds. The third-order valence-electron chi connectivity index (χ3n) is 2.65. The molecule has 19 heavy (non-hydrogen) atoms. The van der Waals surface area contributed by atoms with Gasteiger partial charge in [0.25, 0.3) is 0 Å². The highest BCUT2D eigenvalue weighted by Gasteiger charge is 2.04. The lowest BCUT2D eigenvalue weighted by Gasteiger charge is -1.99. The third-order valence-corrected chi connectivity index (χ3v) is 5.15. The van der Waals surface area contributed by atoms with Crippen LogP contribution in [0.15, 0.2) is 75.8 Å². The second-order valence-electron chi connectivity index (χ2n) is 4.04. The molecule has 2 aromatic carbocycles. The molecule has 0 saturated heterocycles. The molecule has 0 aliphatic carbocycles. The van der Waals surface area contributed by atoms with Crippen LogP contribution in [-0.4, -0.2) is 0 Å². The maximum atomic E-state index is 6.00. The van der Waals surface area contributed by atoms with Gasteiger partial charge in [0.05, 0.1) is 4.21 Å². The summed E-state index contributed by atoms with van der Waals surface area (Å²) in [6, 6.07) is 22.7. The van der Waals surface area contributed by atoms with Gasteiger partial charge in [-0.2, -0.15) is 0 Å². The van der Waals surface area contributed by atoms with Crippen molar-refractivity contribution in [2.24, 2.45) is 0 Å². The van der Waals surface area contributed by atoms with Crippen molar-refractivity contribution in [1.29, 1.82) is 0 Å². The zero-order valence-corrected chi connectivity index (χ0v) is 12.4. The maximum absolute atomic E-state index is 6.00. The highest BCUT2D eigenvalue weighted by molar-refractivity contribution is 8.01. The molecule has 3 aromatic rings. The minimum absolute atomic E-state index is 0.782. The lowest BCUT2D eigenvalue weighted by Crippen LogP contribution is -1.69. The van der Waals surface area contributed by atoms with E-state index in [1.54, 1.807) is 23.1 Å². The van der Waals surface area contributed by atoms with E-state index in [9.17, 15) is 0 Å². The van der Waals surface area contributed by atoms with E-state index in [1.807, 2.05) is 24.3 Å². The molecular formula is C16H11ClS2. The standard InChI is InChI=1S/C16H11ClS2/c17-13-7-4-8-14(11-13)18-16-10-9-15(19-16)12-5-2-1-3-6-12/h1-11H. The lowest BCUT2D eigenvalue weighted by molar-refractivity contribution is 1.46. The first-order chi connectivity index (χ1) is 9.31. The maximum Gasteiger partial charge on any atom is 0.0652 e. The highest BCUT2D eigenvalue weighted by Crippen LogP contribution is 2.37. The Hall–Kier alpha value is -1.22. The Morgan fingerprint density at radius 3 is 2.47 bits per heavy atom. The molecule has 1 heterocycles. The Bertz CT molecular complexity index is 674. The van der Waals surface area contributed by atoms with Crippen molar-refractivity contribution in [1.82, 2.24) is 0 Å². The molecule has 0 radical (unpaired) electrons. The summed E-state index contributed by atoms with van der Waals surface area (Å²) in [5, 5.41) is 0.782. The topological polar surface area (TPSA) is 0 Å². The van der Waals surface area contributed by atoms with Gasteiger partial charge in [-0.3, -0.25) is 0 Å². The van der Waals surface area contributed by atoms with Crippen LogP contribution in [0.3, 0.4) is 0 Å². The van der Waals surface area contributed by atoms with Crippen LogP contribution in [0.5, 0.6) is 0 Å². The molecule has 0 bridgehead atoms. The zero-order chi connectivity index (χ0) is 13.1. The van der Waals surface area contributed by atoms with Gasteiger partial charge in [0.2, 0.25) is 0 Å². The second-order valence-corrected chi connectivity index (χ2v) is 6.94. The van der Waals surface area contributed by atoms with Gasteiger partial charge in [-0.15, -0.1) is 11.3 Å². The molecule has 0 spiro atoms. The summed E-state index contributed by atoms with van der Waals surface area (Å²) in [4.78, 5) is 2.47. The van der Waals surface area contributed by atoms with Gasteiger partial charge in [-0.25, -0.2) is 0 Å². The number of halogens is 1. The van der Waals surface area contributed by atoms with Gasteiger partial charge in [-0.05, 0) is 35.9 Å². The van der Waals surface area contributed by atoms with Crippen molar-refractivity contribution in [3.8, 4) is 10.4 Å². The zero-order valence-electron chi connectivity index (χ0n) is 10.0. The van der Waals surface area contributed by atoms with Crippen LogP contribution in [0.25, 0.3) is 10.4 Å². The van der Waals surface area contributed by atoms with Gasteiger partial charge in [0.1, 0.15) is 0 Å². The smallest absolute Gasteiger partial charge is 0.0652 e. The molecule has 3 heteroatoms. The molecule has 0 fully saturated rings. The summed E-state index contributed by atoms with van der Waals surface area (Å²) >= 11 is 9.56. The molecule has 0 saturated carbocycles. The Morgan fingerprint density at radius 2 is 1.68 bits per heavy atom. The van der Waals surface area contributed by atoms with E-state index >= 15 is 0 Å². The molecule has 0 aliphatic rings. The van der Waals surface area contributed by atoms with Gasteiger partial charge in [0.15, 0.2) is 0 Å². The number of rotatable bonds is 3. The molecule has 0 unspecified atom stereocenters. The summed E-state index contributed by atoms with van der Waals surface area (Å²) in [6.07, 6.45) is 0. The van der Waals surface area contributed by atoms with Crippen LogP contribution in [-0.2, 0) is 0 Å². The van der Waals surface area contributed by atoms with E-state index in [4.69, 9.17) is 11.6 Å². The van der Waals surface area contributed by atoms with Crippen LogP contribution in [0.4, 0.5) is 0 Å². The fraction of sp³-hybridized carbons (Fsp3) is 0. The van der Waals surface area contributed by atoms with E-state index in [2.05, 4.69) is 42.5 Å². The lowest BCUT2D eigenvalue weighted by atomic mass is 10.2. The Labute approximate surface area is 126 Å². The summed E-state index contributed by atoms with van der Waals surface area (Å²) in [5.41, 5.74) is 1.27. The molecule has 0 N–H and O–H groups in total. The molecule has 3 rings (SSSR count). The average molecular weight is 303 g/mol. The third kappa shape index (κ3) is 3.21. The van der Waals surface area contributed by atoms with Crippen molar-refractivity contribution >= 4 is 34.7 Å². The predicted octanol–water partition coefficient (Wildman–Crippen LogP) is 6.22. The number of benzene rings is 2. The van der Waals surface area contributed by atoms with Gasteiger partial charge < -0.3 is 0 Å². The van der Waals surface area contributed by atoms with Crippen molar-refractivity contribution in [3.63, 3.8) is 0 Å². The van der Waals surface area contributed by atoms with E-state index < -0.39 is 0 Å². The van der Waals surface area contributed by atoms with E-state index in [0.717, 1.165) is 5.02 Å². The minimum atomic E-state index is 0.782. The molecule has 0 nitrogen and oxygen atoms in total. The summed E-state index contributed by atoms with van der Waals surface area (Å²) < 4.78 is 1.28.